The first-order chi connectivity index (χ1) is 7.53. The van der Waals surface area contributed by atoms with E-state index in [1.807, 2.05) is 0 Å². The normalized spacial score (nSPS) is 25.7. The molecule has 2 unspecified atom stereocenters. The van der Waals surface area contributed by atoms with Crippen LogP contribution in [0.15, 0.2) is 0 Å². The molecule has 16 heavy (non-hydrogen) atoms. The molecular weight excluding hydrogens is 204 g/mol. The minimum Gasteiger partial charge on any atom is -0.389 e. The summed E-state index contributed by atoms with van der Waals surface area (Å²) in [5.74, 6) is 0. The number of likely N-dealkylation sites (N-methyl/N-ethyl adjacent to an activating group) is 1. The van der Waals surface area contributed by atoms with E-state index in [0.29, 0.717) is 19.1 Å². The Morgan fingerprint density at radius 3 is 2.81 bits per heavy atom. The first-order valence-electron chi connectivity index (χ1n) is 6.26. The molecule has 1 rings (SSSR count). The molecule has 1 heterocycles. The van der Waals surface area contributed by atoms with Crippen LogP contribution < -0.4 is 5.73 Å². The lowest BCUT2D eigenvalue weighted by Gasteiger charge is -2.29. The zero-order valence-corrected chi connectivity index (χ0v) is 10.6. The van der Waals surface area contributed by atoms with E-state index in [2.05, 4.69) is 11.9 Å². The molecule has 4 nitrogen and oxygen atoms in total. The summed E-state index contributed by atoms with van der Waals surface area (Å²) in [6.07, 6.45) is 4.73. The predicted molar refractivity (Wildman–Crippen MR) is 65.4 cm³/mol. The highest BCUT2D eigenvalue weighted by atomic mass is 16.5. The van der Waals surface area contributed by atoms with Crippen LogP contribution in [0.2, 0.25) is 0 Å². The summed E-state index contributed by atoms with van der Waals surface area (Å²) in [5.41, 5.74) is 4.75. The van der Waals surface area contributed by atoms with E-state index >= 15 is 0 Å². The third kappa shape index (κ3) is 5.25. The van der Waals surface area contributed by atoms with Crippen LogP contribution in [-0.2, 0) is 4.74 Å². The standard InChI is InChI=1S/C12H26N2O2/c1-12(15,10-13)6-7-14(2)9-11-5-3-4-8-16-11/h11,15H,3-10,13H2,1-2H3. The number of hydrogen-bond acceptors (Lipinski definition) is 4. The Balaban J connectivity index is 2.17. The van der Waals surface area contributed by atoms with Crippen molar-refractivity contribution in [1.29, 1.82) is 0 Å². The summed E-state index contributed by atoms with van der Waals surface area (Å²) >= 11 is 0. The average Bonchev–Trinajstić information content (AvgIpc) is 2.28. The summed E-state index contributed by atoms with van der Waals surface area (Å²) < 4.78 is 5.68. The summed E-state index contributed by atoms with van der Waals surface area (Å²) in [6.45, 7) is 4.84. The molecule has 0 saturated carbocycles. The second-order valence-electron chi connectivity index (χ2n) is 5.20. The molecule has 96 valence electrons. The molecule has 1 saturated heterocycles. The van der Waals surface area contributed by atoms with Crippen molar-refractivity contribution in [2.24, 2.45) is 5.73 Å². The molecule has 0 aliphatic carbocycles. The van der Waals surface area contributed by atoms with Crippen LogP contribution in [0.1, 0.15) is 32.6 Å². The summed E-state index contributed by atoms with van der Waals surface area (Å²) in [4.78, 5) is 2.22. The number of nitrogens with two attached hydrogens (primary N) is 1. The molecule has 0 radical (unpaired) electrons. The Labute approximate surface area is 98.8 Å². The van der Waals surface area contributed by atoms with Gasteiger partial charge in [0.1, 0.15) is 0 Å². The molecule has 0 aromatic rings. The van der Waals surface area contributed by atoms with Gasteiger partial charge in [-0.2, -0.15) is 0 Å². The molecule has 1 fully saturated rings. The largest absolute Gasteiger partial charge is 0.389 e. The van der Waals surface area contributed by atoms with E-state index in [1.165, 1.54) is 12.8 Å². The topological polar surface area (TPSA) is 58.7 Å². The molecule has 0 bridgehead atoms. The van der Waals surface area contributed by atoms with Gasteiger partial charge in [0, 0.05) is 26.2 Å². The maximum absolute atomic E-state index is 9.80. The second-order valence-corrected chi connectivity index (χ2v) is 5.20. The average molecular weight is 230 g/mol. The van der Waals surface area contributed by atoms with Crippen molar-refractivity contribution < 1.29 is 9.84 Å². The molecule has 0 aromatic heterocycles. The number of nitrogens with zero attached hydrogens (tertiary/aromatic N) is 1. The van der Waals surface area contributed by atoms with Gasteiger partial charge in [0.05, 0.1) is 11.7 Å². The highest BCUT2D eigenvalue weighted by molar-refractivity contribution is 4.75. The fraction of sp³-hybridized carbons (Fsp3) is 1.00. The van der Waals surface area contributed by atoms with Crippen molar-refractivity contribution in [1.82, 2.24) is 4.90 Å². The van der Waals surface area contributed by atoms with E-state index in [9.17, 15) is 5.11 Å². The van der Waals surface area contributed by atoms with Crippen molar-refractivity contribution in [3.05, 3.63) is 0 Å². The van der Waals surface area contributed by atoms with Crippen molar-refractivity contribution in [2.45, 2.75) is 44.3 Å². The third-order valence-corrected chi connectivity index (χ3v) is 3.26. The van der Waals surface area contributed by atoms with E-state index in [0.717, 1.165) is 26.1 Å². The van der Waals surface area contributed by atoms with Crippen molar-refractivity contribution in [3.63, 3.8) is 0 Å². The van der Waals surface area contributed by atoms with Crippen LogP contribution in [0.25, 0.3) is 0 Å². The summed E-state index contributed by atoms with van der Waals surface area (Å²) in [7, 11) is 2.07. The molecule has 1 aliphatic rings. The van der Waals surface area contributed by atoms with Gasteiger partial charge in [0.25, 0.3) is 0 Å². The Hall–Kier alpha value is -0.160. The lowest BCUT2D eigenvalue weighted by Crippen LogP contribution is -2.40. The van der Waals surface area contributed by atoms with Crippen LogP contribution in [0, 0.1) is 0 Å². The van der Waals surface area contributed by atoms with Gasteiger partial charge in [0.15, 0.2) is 0 Å². The molecule has 1 aliphatic heterocycles. The maximum Gasteiger partial charge on any atom is 0.0753 e. The third-order valence-electron chi connectivity index (χ3n) is 3.26. The van der Waals surface area contributed by atoms with Gasteiger partial charge in [0.2, 0.25) is 0 Å². The Morgan fingerprint density at radius 2 is 2.25 bits per heavy atom. The Morgan fingerprint density at radius 1 is 1.50 bits per heavy atom. The Bertz CT molecular complexity index is 191. The minimum absolute atomic E-state index is 0.320. The lowest BCUT2D eigenvalue weighted by atomic mass is 10.0. The Kier molecular flexibility index (Phi) is 5.69. The quantitative estimate of drug-likeness (QED) is 0.701. The van der Waals surface area contributed by atoms with Crippen LogP contribution in [0.3, 0.4) is 0 Å². The van der Waals surface area contributed by atoms with Gasteiger partial charge in [-0.15, -0.1) is 0 Å². The van der Waals surface area contributed by atoms with Gasteiger partial charge in [-0.1, -0.05) is 0 Å². The molecule has 4 heteroatoms. The van der Waals surface area contributed by atoms with Crippen LogP contribution >= 0.6 is 0 Å². The van der Waals surface area contributed by atoms with E-state index in [1.54, 1.807) is 6.92 Å². The number of hydrogen-bond donors (Lipinski definition) is 2. The predicted octanol–water partition coefficient (Wildman–Crippen LogP) is 0.587. The van der Waals surface area contributed by atoms with Gasteiger partial charge in [-0.3, -0.25) is 0 Å². The van der Waals surface area contributed by atoms with Gasteiger partial charge in [-0.05, 0) is 39.7 Å². The molecular formula is C12H26N2O2. The highest BCUT2D eigenvalue weighted by Gasteiger charge is 2.20. The fourth-order valence-corrected chi connectivity index (χ4v) is 1.92. The van der Waals surface area contributed by atoms with Crippen molar-refractivity contribution in [2.75, 3.05) is 33.3 Å². The van der Waals surface area contributed by atoms with Crippen LogP contribution in [0.5, 0.6) is 0 Å². The van der Waals surface area contributed by atoms with Crippen molar-refractivity contribution >= 4 is 0 Å². The monoisotopic (exact) mass is 230 g/mol. The van der Waals surface area contributed by atoms with E-state index in [-0.39, 0.29) is 0 Å². The first-order valence-corrected chi connectivity index (χ1v) is 6.26. The highest BCUT2D eigenvalue weighted by Crippen LogP contribution is 2.14. The van der Waals surface area contributed by atoms with Crippen LogP contribution in [0.4, 0.5) is 0 Å². The molecule has 3 N–H and O–H groups in total. The number of rotatable bonds is 6. The zero-order chi connectivity index (χ0) is 12.0. The van der Waals surface area contributed by atoms with Gasteiger partial charge in [-0.25, -0.2) is 0 Å². The number of aliphatic hydroxyl groups is 1. The maximum atomic E-state index is 9.80. The second kappa shape index (κ2) is 6.55. The smallest absolute Gasteiger partial charge is 0.0753 e. The van der Waals surface area contributed by atoms with E-state index < -0.39 is 5.60 Å². The van der Waals surface area contributed by atoms with Gasteiger partial charge < -0.3 is 20.5 Å². The fourth-order valence-electron chi connectivity index (χ4n) is 1.92. The summed E-state index contributed by atoms with van der Waals surface area (Å²) in [5, 5.41) is 9.80. The number of ether oxygens (including phenoxy) is 1. The molecule has 0 aromatic carbocycles. The molecule has 0 amide bonds. The van der Waals surface area contributed by atoms with Crippen LogP contribution in [-0.4, -0.2) is 55.0 Å². The zero-order valence-electron chi connectivity index (χ0n) is 10.6. The lowest BCUT2D eigenvalue weighted by molar-refractivity contribution is -0.00755. The van der Waals surface area contributed by atoms with E-state index in [4.69, 9.17) is 10.5 Å². The van der Waals surface area contributed by atoms with Gasteiger partial charge >= 0.3 is 0 Å². The molecule has 0 spiro atoms. The van der Waals surface area contributed by atoms with Crippen molar-refractivity contribution in [3.8, 4) is 0 Å². The summed E-state index contributed by atoms with van der Waals surface area (Å²) in [6, 6.07) is 0. The minimum atomic E-state index is -0.734. The molecule has 2 atom stereocenters. The SMILES string of the molecule is CN(CCC(C)(O)CN)CC1CCCCO1. The first kappa shape index (κ1) is 13.9.